The molecule has 1 aliphatic heterocycles. The van der Waals surface area contributed by atoms with E-state index in [0.29, 0.717) is 18.0 Å². The van der Waals surface area contributed by atoms with Crippen LogP contribution < -0.4 is 5.32 Å². The highest BCUT2D eigenvalue weighted by molar-refractivity contribution is 5.88. The van der Waals surface area contributed by atoms with Gasteiger partial charge in [-0.25, -0.2) is 4.79 Å². The van der Waals surface area contributed by atoms with Crippen molar-refractivity contribution in [3.8, 4) is 0 Å². The Hall–Kier alpha value is -1.46. The maximum atomic E-state index is 11.3. The number of aromatic nitrogens is 1. The normalized spacial score (nSPS) is 19.1. The molecule has 1 unspecified atom stereocenters. The van der Waals surface area contributed by atoms with E-state index in [1.807, 2.05) is 6.07 Å². The Labute approximate surface area is 113 Å². The van der Waals surface area contributed by atoms with Gasteiger partial charge in [-0.1, -0.05) is 0 Å². The number of esters is 1. The van der Waals surface area contributed by atoms with Gasteiger partial charge < -0.3 is 14.8 Å². The van der Waals surface area contributed by atoms with Crippen molar-refractivity contribution < 1.29 is 14.3 Å². The molecule has 1 atom stereocenters. The van der Waals surface area contributed by atoms with Gasteiger partial charge in [-0.2, -0.15) is 0 Å². The number of ether oxygens (including phenoxy) is 2. The molecule has 0 amide bonds. The van der Waals surface area contributed by atoms with Crippen LogP contribution >= 0.6 is 0 Å². The maximum Gasteiger partial charge on any atom is 0.339 e. The lowest BCUT2D eigenvalue weighted by Gasteiger charge is -2.22. The fourth-order valence-corrected chi connectivity index (χ4v) is 2.14. The van der Waals surface area contributed by atoms with E-state index >= 15 is 0 Å². The van der Waals surface area contributed by atoms with Crippen LogP contribution in [-0.4, -0.2) is 37.8 Å². The Kier molecular flexibility index (Phi) is 5.30. The van der Waals surface area contributed by atoms with E-state index < -0.39 is 0 Å². The molecule has 5 heteroatoms. The van der Waals surface area contributed by atoms with E-state index in [4.69, 9.17) is 4.74 Å². The number of methoxy groups -OCH3 is 1. The zero-order valence-electron chi connectivity index (χ0n) is 11.2. The number of hydrogen-bond acceptors (Lipinski definition) is 5. The average molecular weight is 264 g/mol. The van der Waals surface area contributed by atoms with Gasteiger partial charge in [0.15, 0.2) is 0 Å². The van der Waals surface area contributed by atoms with E-state index in [9.17, 15) is 4.79 Å². The number of hydrogen-bond donors (Lipinski definition) is 1. The van der Waals surface area contributed by atoms with Crippen molar-refractivity contribution in [2.24, 2.45) is 5.92 Å². The highest BCUT2D eigenvalue weighted by atomic mass is 16.5. The second-order valence-electron chi connectivity index (χ2n) is 4.74. The lowest BCUT2D eigenvalue weighted by molar-refractivity contribution is 0.0547. The van der Waals surface area contributed by atoms with Crippen LogP contribution in [-0.2, 0) is 16.0 Å². The van der Waals surface area contributed by atoms with Crippen LogP contribution in [0.3, 0.4) is 0 Å². The largest absolute Gasteiger partial charge is 0.465 e. The summed E-state index contributed by atoms with van der Waals surface area (Å²) in [6.07, 6.45) is 3.92. The van der Waals surface area contributed by atoms with E-state index in [1.54, 1.807) is 12.3 Å². The molecule has 2 rings (SSSR count). The quantitative estimate of drug-likeness (QED) is 0.814. The molecule has 0 radical (unpaired) electrons. The van der Waals surface area contributed by atoms with Crippen LogP contribution in [0.4, 0.5) is 0 Å². The zero-order chi connectivity index (χ0) is 13.5. The summed E-state index contributed by atoms with van der Waals surface area (Å²) in [5.74, 6) is 0.245. The molecule has 0 saturated carbocycles. The number of carbonyl (C=O) groups excluding carboxylic acids is 1. The van der Waals surface area contributed by atoms with Crippen LogP contribution in [0.25, 0.3) is 0 Å². The monoisotopic (exact) mass is 264 g/mol. The number of pyridine rings is 1. The Morgan fingerprint density at radius 1 is 1.58 bits per heavy atom. The van der Waals surface area contributed by atoms with Gasteiger partial charge in [-0.15, -0.1) is 0 Å². The SMILES string of the molecule is COC(=O)c1ccc(CNCC2CCCOC2)nc1. The molecule has 1 aromatic rings. The van der Waals surface area contributed by atoms with Crippen LogP contribution in [0.5, 0.6) is 0 Å². The van der Waals surface area contributed by atoms with Crippen molar-refractivity contribution in [3.63, 3.8) is 0 Å². The van der Waals surface area contributed by atoms with Gasteiger partial charge in [0.1, 0.15) is 0 Å². The molecule has 19 heavy (non-hydrogen) atoms. The third-order valence-corrected chi connectivity index (χ3v) is 3.24. The summed E-state index contributed by atoms with van der Waals surface area (Å²) in [5, 5.41) is 3.38. The first-order valence-corrected chi connectivity index (χ1v) is 6.61. The molecule has 1 aromatic heterocycles. The summed E-state index contributed by atoms with van der Waals surface area (Å²) in [5.41, 5.74) is 1.40. The molecule has 1 aliphatic rings. The minimum absolute atomic E-state index is 0.355. The van der Waals surface area contributed by atoms with Gasteiger partial charge in [0.25, 0.3) is 0 Å². The topological polar surface area (TPSA) is 60.5 Å². The summed E-state index contributed by atoms with van der Waals surface area (Å²) in [7, 11) is 1.37. The van der Waals surface area contributed by atoms with Crippen LogP contribution in [0, 0.1) is 5.92 Å². The Morgan fingerprint density at radius 3 is 3.11 bits per heavy atom. The van der Waals surface area contributed by atoms with Crippen molar-refractivity contribution in [1.82, 2.24) is 10.3 Å². The molecular weight excluding hydrogens is 244 g/mol. The molecule has 0 aliphatic carbocycles. The molecule has 2 heterocycles. The molecular formula is C14H20N2O3. The molecule has 1 N–H and O–H groups in total. The Morgan fingerprint density at radius 2 is 2.47 bits per heavy atom. The van der Waals surface area contributed by atoms with Gasteiger partial charge in [-0.3, -0.25) is 4.98 Å². The van der Waals surface area contributed by atoms with Gasteiger partial charge in [-0.05, 0) is 30.9 Å². The van der Waals surface area contributed by atoms with Gasteiger partial charge in [0.2, 0.25) is 0 Å². The van der Waals surface area contributed by atoms with Crippen molar-refractivity contribution in [2.45, 2.75) is 19.4 Å². The summed E-state index contributed by atoms with van der Waals surface area (Å²) >= 11 is 0. The van der Waals surface area contributed by atoms with Crippen molar-refractivity contribution in [2.75, 3.05) is 26.9 Å². The van der Waals surface area contributed by atoms with Crippen molar-refractivity contribution in [3.05, 3.63) is 29.6 Å². The van der Waals surface area contributed by atoms with Crippen molar-refractivity contribution >= 4 is 5.97 Å². The lowest BCUT2D eigenvalue weighted by atomic mass is 10.0. The van der Waals surface area contributed by atoms with Crippen molar-refractivity contribution in [1.29, 1.82) is 0 Å². The lowest BCUT2D eigenvalue weighted by Crippen LogP contribution is -2.29. The minimum Gasteiger partial charge on any atom is -0.465 e. The molecule has 104 valence electrons. The number of nitrogens with one attached hydrogen (secondary N) is 1. The summed E-state index contributed by atoms with van der Waals surface area (Å²) in [6.45, 7) is 3.40. The standard InChI is InChI=1S/C14H20N2O3/c1-18-14(17)12-4-5-13(16-8-12)9-15-7-11-3-2-6-19-10-11/h4-5,8,11,15H,2-3,6-7,9-10H2,1H3. The predicted molar refractivity (Wildman–Crippen MR) is 70.8 cm³/mol. The van der Waals surface area contributed by atoms with Gasteiger partial charge in [0, 0.05) is 25.9 Å². The molecule has 0 aromatic carbocycles. The molecule has 0 spiro atoms. The number of carbonyl (C=O) groups is 1. The first-order valence-electron chi connectivity index (χ1n) is 6.61. The van der Waals surface area contributed by atoms with E-state index in [1.165, 1.54) is 13.5 Å². The smallest absolute Gasteiger partial charge is 0.339 e. The molecule has 1 saturated heterocycles. The van der Waals surface area contributed by atoms with E-state index in [2.05, 4.69) is 15.0 Å². The predicted octanol–water partition coefficient (Wildman–Crippen LogP) is 1.38. The summed E-state index contributed by atoms with van der Waals surface area (Å²) in [4.78, 5) is 15.5. The molecule has 0 bridgehead atoms. The molecule has 1 fully saturated rings. The van der Waals surface area contributed by atoms with Crippen LogP contribution in [0.1, 0.15) is 28.9 Å². The van der Waals surface area contributed by atoms with Crippen LogP contribution in [0.2, 0.25) is 0 Å². The van der Waals surface area contributed by atoms with E-state index in [-0.39, 0.29) is 5.97 Å². The third-order valence-electron chi connectivity index (χ3n) is 3.24. The minimum atomic E-state index is -0.355. The van der Waals surface area contributed by atoms with E-state index in [0.717, 1.165) is 31.9 Å². The maximum absolute atomic E-state index is 11.3. The third kappa shape index (κ3) is 4.29. The first-order chi connectivity index (χ1) is 9.29. The highest BCUT2D eigenvalue weighted by Gasteiger charge is 2.13. The fraction of sp³-hybridized carbons (Fsp3) is 0.571. The fourth-order valence-electron chi connectivity index (χ4n) is 2.14. The Bertz CT molecular complexity index is 400. The second-order valence-corrected chi connectivity index (χ2v) is 4.74. The first kappa shape index (κ1) is 14.0. The second kappa shape index (κ2) is 7.21. The average Bonchev–Trinajstić information content (AvgIpc) is 2.48. The number of rotatable bonds is 5. The summed E-state index contributed by atoms with van der Waals surface area (Å²) < 4.78 is 10.1. The highest BCUT2D eigenvalue weighted by Crippen LogP contribution is 2.12. The summed E-state index contributed by atoms with van der Waals surface area (Å²) in [6, 6.07) is 3.58. The van der Waals surface area contributed by atoms with Gasteiger partial charge >= 0.3 is 5.97 Å². The van der Waals surface area contributed by atoms with Gasteiger partial charge in [0.05, 0.1) is 25.0 Å². The Balaban J connectivity index is 1.75. The number of nitrogens with zero attached hydrogens (tertiary/aromatic N) is 1. The van der Waals surface area contributed by atoms with Crippen LogP contribution in [0.15, 0.2) is 18.3 Å². The zero-order valence-corrected chi connectivity index (χ0v) is 11.2. The molecule has 5 nitrogen and oxygen atoms in total.